The molecule has 1 heterocycles. The highest BCUT2D eigenvalue weighted by Crippen LogP contribution is 2.41. The van der Waals surface area contributed by atoms with Crippen LogP contribution in [-0.4, -0.2) is 27.4 Å². The van der Waals surface area contributed by atoms with Gasteiger partial charge in [-0.3, -0.25) is 19.5 Å². The number of carbonyl (C=O) groups is 1. The molecular weight excluding hydrogens is 374 g/mol. The van der Waals surface area contributed by atoms with E-state index >= 15 is 0 Å². The van der Waals surface area contributed by atoms with E-state index in [9.17, 15) is 13.2 Å². The normalized spacial score (nSPS) is 14.3. The fourth-order valence-electron chi connectivity index (χ4n) is 3.50. The van der Waals surface area contributed by atoms with E-state index < -0.39 is 15.9 Å². The molecule has 3 aromatic rings. The summed E-state index contributed by atoms with van der Waals surface area (Å²) in [5.41, 5.74) is 5.33. The van der Waals surface area contributed by atoms with Crippen LogP contribution in [0.5, 0.6) is 0 Å². The van der Waals surface area contributed by atoms with Gasteiger partial charge in [0.2, 0.25) is 0 Å². The van der Waals surface area contributed by atoms with E-state index in [0.717, 1.165) is 16.6 Å². The lowest BCUT2D eigenvalue weighted by Gasteiger charge is -2.26. The van der Waals surface area contributed by atoms with Crippen molar-refractivity contribution in [3.05, 3.63) is 66.2 Å². The summed E-state index contributed by atoms with van der Waals surface area (Å²) >= 11 is 0. The lowest BCUT2D eigenvalue weighted by atomic mass is 10.1. The zero-order chi connectivity index (χ0) is 19.9. The summed E-state index contributed by atoms with van der Waals surface area (Å²) in [6.07, 6.45) is 0. The molecule has 0 fully saturated rings. The minimum absolute atomic E-state index is 0.249. The molecule has 0 atom stereocenters. The maximum atomic E-state index is 13.0. The van der Waals surface area contributed by atoms with Crippen molar-refractivity contribution < 1.29 is 13.2 Å². The lowest BCUT2D eigenvalue weighted by molar-refractivity contribution is -0.119. The molecule has 0 saturated carbocycles. The Kier molecular flexibility index (Phi) is 4.47. The van der Waals surface area contributed by atoms with Gasteiger partial charge in [-0.05, 0) is 43.5 Å². The Morgan fingerprint density at radius 2 is 1.71 bits per heavy atom. The third-order valence-corrected chi connectivity index (χ3v) is 6.69. The Morgan fingerprint density at radius 3 is 2.39 bits per heavy atom. The Hall–Kier alpha value is -3.06. The minimum atomic E-state index is -3.75. The van der Waals surface area contributed by atoms with Gasteiger partial charge in [0, 0.05) is 11.9 Å². The zero-order valence-corrected chi connectivity index (χ0v) is 16.5. The fourth-order valence-corrected chi connectivity index (χ4v) is 5.16. The van der Waals surface area contributed by atoms with E-state index in [4.69, 9.17) is 0 Å². The van der Waals surface area contributed by atoms with Gasteiger partial charge in [0.1, 0.15) is 6.54 Å². The van der Waals surface area contributed by atoms with Crippen molar-refractivity contribution in [1.29, 1.82) is 0 Å². The van der Waals surface area contributed by atoms with Gasteiger partial charge in [0.25, 0.3) is 15.9 Å². The quantitative estimate of drug-likeness (QED) is 0.674. The van der Waals surface area contributed by atoms with Crippen LogP contribution in [0.1, 0.15) is 12.5 Å². The van der Waals surface area contributed by atoms with Gasteiger partial charge in [-0.2, -0.15) is 0 Å². The first-order chi connectivity index (χ1) is 13.4. The number of anilines is 2. The van der Waals surface area contributed by atoms with E-state index in [1.807, 2.05) is 50.2 Å². The molecule has 0 unspecified atom stereocenters. The average Bonchev–Trinajstić information content (AvgIpc) is 2.90. The van der Waals surface area contributed by atoms with Crippen molar-refractivity contribution in [2.24, 2.45) is 0 Å². The van der Waals surface area contributed by atoms with Gasteiger partial charge in [-0.15, -0.1) is 0 Å². The molecule has 1 aliphatic rings. The van der Waals surface area contributed by atoms with Crippen LogP contribution in [0, 0.1) is 6.92 Å². The Labute approximate surface area is 164 Å². The highest BCUT2D eigenvalue weighted by molar-refractivity contribution is 7.93. The zero-order valence-electron chi connectivity index (χ0n) is 15.7. The van der Waals surface area contributed by atoms with Crippen LogP contribution >= 0.6 is 0 Å². The highest BCUT2D eigenvalue weighted by Gasteiger charge is 2.36. The van der Waals surface area contributed by atoms with Crippen molar-refractivity contribution >= 4 is 38.1 Å². The van der Waals surface area contributed by atoms with Crippen molar-refractivity contribution in [1.82, 2.24) is 5.43 Å². The first kappa shape index (κ1) is 18.3. The van der Waals surface area contributed by atoms with E-state index in [0.29, 0.717) is 17.6 Å². The molecule has 0 radical (unpaired) electrons. The third-order valence-electron chi connectivity index (χ3n) is 4.89. The Bertz CT molecular complexity index is 1150. The molecule has 7 heteroatoms. The second kappa shape index (κ2) is 6.83. The maximum absolute atomic E-state index is 13.0. The van der Waals surface area contributed by atoms with Crippen LogP contribution in [-0.2, 0) is 14.8 Å². The van der Waals surface area contributed by atoms with Gasteiger partial charge < -0.3 is 0 Å². The molecular formula is C21H21N3O3S. The summed E-state index contributed by atoms with van der Waals surface area (Å²) < 4.78 is 27.2. The molecule has 3 aromatic carbocycles. The summed E-state index contributed by atoms with van der Waals surface area (Å²) in [6.45, 7) is 4.19. The number of nitrogens with zero attached hydrogens (tertiary/aromatic N) is 2. The van der Waals surface area contributed by atoms with Crippen LogP contribution in [0.2, 0.25) is 0 Å². The highest BCUT2D eigenvalue weighted by atomic mass is 32.2. The topological polar surface area (TPSA) is 69.7 Å². The number of hydrazine groups is 1. The molecule has 0 saturated heterocycles. The van der Waals surface area contributed by atoms with Gasteiger partial charge in [0.05, 0.1) is 16.3 Å². The molecule has 28 heavy (non-hydrogen) atoms. The number of hydrogen-bond donors (Lipinski definition) is 1. The summed E-state index contributed by atoms with van der Waals surface area (Å²) in [5, 5.41) is 3.22. The van der Waals surface area contributed by atoms with E-state index in [-0.39, 0.29) is 11.4 Å². The van der Waals surface area contributed by atoms with Crippen LogP contribution in [0.25, 0.3) is 10.8 Å². The number of aryl methyl sites for hydroxylation is 1. The van der Waals surface area contributed by atoms with Crippen molar-refractivity contribution in [2.75, 3.05) is 22.4 Å². The first-order valence-electron chi connectivity index (χ1n) is 9.10. The lowest BCUT2D eigenvalue weighted by Crippen LogP contribution is -2.47. The molecule has 0 aliphatic carbocycles. The number of nitrogens with one attached hydrogen (secondary N) is 1. The molecule has 0 bridgehead atoms. The van der Waals surface area contributed by atoms with Gasteiger partial charge in [-0.1, -0.05) is 42.0 Å². The molecule has 144 valence electrons. The van der Waals surface area contributed by atoms with Crippen LogP contribution < -0.4 is 14.7 Å². The molecule has 1 amide bonds. The predicted octanol–water partition coefficient (Wildman–Crippen LogP) is 3.21. The van der Waals surface area contributed by atoms with Crippen LogP contribution in [0.4, 0.5) is 11.4 Å². The molecule has 4 rings (SSSR count). The number of sulfonamides is 1. The minimum Gasteiger partial charge on any atom is -0.286 e. The summed E-state index contributed by atoms with van der Waals surface area (Å²) in [6, 6.07) is 18.4. The number of amides is 1. The Morgan fingerprint density at radius 1 is 1.04 bits per heavy atom. The number of hydrogen-bond acceptors (Lipinski definition) is 4. The van der Waals surface area contributed by atoms with Crippen LogP contribution in [0.15, 0.2) is 65.6 Å². The molecule has 6 nitrogen and oxygen atoms in total. The van der Waals surface area contributed by atoms with Crippen LogP contribution in [0.3, 0.4) is 0 Å². The first-order valence-corrected chi connectivity index (χ1v) is 10.5. The average molecular weight is 395 g/mol. The molecule has 1 aliphatic heterocycles. The standard InChI is InChI=1S/C21H21N3O3S/c1-3-23(17-12-10-15(2)11-13-17)22-20(25)14-24-18-8-4-6-16-7-5-9-19(21(16)18)28(24,26)27/h4-13H,3,14H2,1-2H3,(H,22,25). The Balaban J connectivity index is 1.60. The van der Waals surface area contributed by atoms with Gasteiger partial charge in [-0.25, -0.2) is 8.42 Å². The maximum Gasteiger partial charge on any atom is 0.265 e. The summed E-state index contributed by atoms with van der Waals surface area (Å²) in [7, 11) is -3.75. The van der Waals surface area contributed by atoms with Crippen molar-refractivity contribution in [2.45, 2.75) is 18.7 Å². The largest absolute Gasteiger partial charge is 0.286 e. The SMILES string of the molecule is CCN(NC(=O)CN1c2cccc3cccc(c23)S1(=O)=O)c1ccc(C)cc1. The number of benzene rings is 3. The van der Waals surface area contributed by atoms with Gasteiger partial charge in [0.15, 0.2) is 0 Å². The van der Waals surface area contributed by atoms with E-state index in [2.05, 4.69) is 5.43 Å². The van der Waals surface area contributed by atoms with Gasteiger partial charge >= 0.3 is 0 Å². The molecule has 1 N–H and O–H groups in total. The monoisotopic (exact) mass is 395 g/mol. The summed E-state index contributed by atoms with van der Waals surface area (Å²) in [4.78, 5) is 13.0. The number of rotatable bonds is 5. The van der Waals surface area contributed by atoms with Crippen molar-refractivity contribution in [3.8, 4) is 0 Å². The smallest absolute Gasteiger partial charge is 0.265 e. The van der Waals surface area contributed by atoms with E-state index in [1.54, 1.807) is 29.3 Å². The fraction of sp³-hybridized carbons (Fsp3) is 0.190. The molecule has 0 aromatic heterocycles. The predicted molar refractivity (Wildman–Crippen MR) is 111 cm³/mol. The second-order valence-electron chi connectivity index (χ2n) is 6.76. The number of carbonyl (C=O) groups excluding carboxylic acids is 1. The third kappa shape index (κ3) is 2.97. The summed E-state index contributed by atoms with van der Waals surface area (Å²) in [5.74, 6) is -0.393. The second-order valence-corrected chi connectivity index (χ2v) is 8.59. The van der Waals surface area contributed by atoms with Crippen molar-refractivity contribution in [3.63, 3.8) is 0 Å². The van der Waals surface area contributed by atoms with E-state index in [1.165, 1.54) is 4.31 Å². The molecule has 0 spiro atoms.